The quantitative estimate of drug-likeness (QED) is 0.721. The first-order chi connectivity index (χ1) is 11.6. The summed E-state index contributed by atoms with van der Waals surface area (Å²) in [6, 6.07) is 7.68. The lowest BCUT2D eigenvalue weighted by atomic mass is 10.1. The van der Waals surface area contributed by atoms with E-state index in [9.17, 15) is 4.79 Å². The molecule has 0 saturated carbocycles. The number of rotatable bonds is 5. The van der Waals surface area contributed by atoms with E-state index >= 15 is 0 Å². The van der Waals surface area contributed by atoms with E-state index in [4.69, 9.17) is 4.52 Å². The standard InChI is InChI=1S/C18H20N4O2/c1-4-16-20-17(24-21-16)11-22(5-2)18(23)13-8-9-19-15-7-6-12(3)10-14(13)15/h6-10H,4-5,11H2,1-3H3. The summed E-state index contributed by atoms with van der Waals surface area (Å²) in [7, 11) is 0. The van der Waals surface area contributed by atoms with Crippen molar-refractivity contribution in [1.29, 1.82) is 0 Å². The summed E-state index contributed by atoms with van der Waals surface area (Å²) in [6.07, 6.45) is 2.37. The molecular formula is C18H20N4O2. The zero-order valence-corrected chi connectivity index (χ0v) is 14.1. The third-order valence-electron chi connectivity index (χ3n) is 3.95. The van der Waals surface area contributed by atoms with Crippen LogP contribution in [0.2, 0.25) is 0 Å². The summed E-state index contributed by atoms with van der Waals surface area (Å²) < 4.78 is 5.21. The number of hydrogen-bond acceptors (Lipinski definition) is 5. The van der Waals surface area contributed by atoms with Gasteiger partial charge in [0.25, 0.3) is 5.91 Å². The molecule has 6 heteroatoms. The van der Waals surface area contributed by atoms with Crippen molar-refractivity contribution in [3.63, 3.8) is 0 Å². The van der Waals surface area contributed by atoms with E-state index < -0.39 is 0 Å². The molecule has 6 nitrogen and oxygen atoms in total. The average Bonchev–Trinajstić information content (AvgIpc) is 3.06. The Bertz CT molecular complexity index is 872. The zero-order valence-electron chi connectivity index (χ0n) is 14.1. The molecule has 0 unspecified atom stereocenters. The first-order valence-electron chi connectivity index (χ1n) is 8.08. The number of fused-ring (bicyclic) bond motifs is 1. The van der Waals surface area contributed by atoms with Crippen LogP contribution in [0.1, 0.15) is 41.5 Å². The molecule has 0 N–H and O–H groups in total. The molecule has 0 aliphatic carbocycles. The van der Waals surface area contributed by atoms with E-state index in [1.807, 2.05) is 39.0 Å². The summed E-state index contributed by atoms with van der Waals surface area (Å²) in [5.74, 6) is 1.04. The van der Waals surface area contributed by atoms with E-state index in [0.29, 0.717) is 36.8 Å². The van der Waals surface area contributed by atoms with Gasteiger partial charge in [0.15, 0.2) is 5.82 Å². The monoisotopic (exact) mass is 324 g/mol. The van der Waals surface area contributed by atoms with Gasteiger partial charge < -0.3 is 9.42 Å². The third-order valence-corrected chi connectivity index (χ3v) is 3.95. The maximum atomic E-state index is 13.0. The molecule has 124 valence electrons. The number of benzene rings is 1. The maximum absolute atomic E-state index is 13.0. The molecule has 1 aromatic carbocycles. The lowest BCUT2D eigenvalue weighted by molar-refractivity contribution is 0.0736. The summed E-state index contributed by atoms with van der Waals surface area (Å²) in [6.45, 7) is 6.76. The van der Waals surface area contributed by atoms with E-state index in [0.717, 1.165) is 16.5 Å². The molecular weight excluding hydrogens is 304 g/mol. The number of pyridine rings is 1. The zero-order chi connectivity index (χ0) is 17.1. The summed E-state index contributed by atoms with van der Waals surface area (Å²) >= 11 is 0. The Balaban J connectivity index is 1.92. The predicted molar refractivity (Wildman–Crippen MR) is 90.6 cm³/mol. The first-order valence-corrected chi connectivity index (χ1v) is 8.08. The Morgan fingerprint density at radius 2 is 2.08 bits per heavy atom. The highest BCUT2D eigenvalue weighted by Gasteiger charge is 2.20. The van der Waals surface area contributed by atoms with Crippen LogP contribution in [-0.4, -0.2) is 32.5 Å². The van der Waals surface area contributed by atoms with Crippen molar-refractivity contribution < 1.29 is 9.32 Å². The minimum absolute atomic E-state index is 0.0632. The van der Waals surface area contributed by atoms with E-state index in [1.54, 1.807) is 17.2 Å². The van der Waals surface area contributed by atoms with E-state index in [-0.39, 0.29) is 5.91 Å². The van der Waals surface area contributed by atoms with Crippen LogP contribution >= 0.6 is 0 Å². The Morgan fingerprint density at radius 1 is 1.25 bits per heavy atom. The molecule has 0 bridgehead atoms. The van der Waals surface area contributed by atoms with Crippen LogP contribution in [-0.2, 0) is 13.0 Å². The molecule has 3 aromatic rings. The Kier molecular flexibility index (Phi) is 4.55. The predicted octanol–water partition coefficient (Wildman–Crippen LogP) is 3.15. The van der Waals surface area contributed by atoms with Crippen molar-refractivity contribution in [1.82, 2.24) is 20.0 Å². The summed E-state index contributed by atoms with van der Waals surface area (Å²) in [5.41, 5.74) is 2.55. The van der Waals surface area contributed by atoms with Gasteiger partial charge in [0.2, 0.25) is 5.89 Å². The lowest BCUT2D eigenvalue weighted by Gasteiger charge is -2.19. The Labute approximate surface area is 140 Å². The number of carbonyl (C=O) groups excluding carboxylic acids is 1. The van der Waals surface area contributed by atoms with E-state index in [1.165, 1.54) is 0 Å². The van der Waals surface area contributed by atoms with Gasteiger partial charge in [-0.3, -0.25) is 9.78 Å². The fourth-order valence-electron chi connectivity index (χ4n) is 2.61. The number of carbonyl (C=O) groups is 1. The van der Waals surface area contributed by atoms with Gasteiger partial charge in [0.05, 0.1) is 11.1 Å². The second-order valence-corrected chi connectivity index (χ2v) is 5.66. The highest BCUT2D eigenvalue weighted by molar-refractivity contribution is 6.06. The number of nitrogens with zero attached hydrogens (tertiary/aromatic N) is 4. The number of aryl methyl sites for hydroxylation is 2. The molecule has 0 saturated heterocycles. The molecule has 2 aromatic heterocycles. The van der Waals surface area contributed by atoms with Gasteiger partial charge in [-0.05, 0) is 32.0 Å². The van der Waals surface area contributed by atoms with Crippen molar-refractivity contribution in [3.05, 3.63) is 53.3 Å². The molecule has 24 heavy (non-hydrogen) atoms. The highest BCUT2D eigenvalue weighted by Crippen LogP contribution is 2.20. The molecule has 0 spiro atoms. The molecule has 3 rings (SSSR count). The Hall–Kier alpha value is -2.76. The van der Waals surface area contributed by atoms with E-state index in [2.05, 4.69) is 15.1 Å². The van der Waals surface area contributed by atoms with Crippen LogP contribution in [0.5, 0.6) is 0 Å². The van der Waals surface area contributed by atoms with Gasteiger partial charge in [-0.2, -0.15) is 4.98 Å². The smallest absolute Gasteiger partial charge is 0.255 e. The van der Waals surface area contributed by atoms with Gasteiger partial charge in [0, 0.05) is 24.5 Å². The van der Waals surface area contributed by atoms with Crippen LogP contribution in [0.3, 0.4) is 0 Å². The normalized spacial score (nSPS) is 11.0. The van der Waals surface area contributed by atoms with Crippen molar-refractivity contribution in [3.8, 4) is 0 Å². The molecule has 2 heterocycles. The van der Waals surface area contributed by atoms with Gasteiger partial charge in [0.1, 0.15) is 6.54 Å². The second-order valence-electron chi connectivity index (χ2n) is 5.66. The maximum Gasteiger partial charge on any atom is 0.255 e. The molecule has 1 amide bonds. The van der Waals surface area contributed by atoms with Crippen molar-refractivity contribution in [2.45, 2.75) is 33.7 Å². The number of aromatic nitrogens is 3. The van der Waals surface area contributed by atoms with Gasteiger partial charge in [-0.15, -0.1) is 0 Å². The lowest BCUT2D eigenvalue weighted by Crippen LogP contribution is -2.30. The van der Waals surface area contributed by atoms with Crippen LogP contribution in [0, 0.1) is 6.92 Å². The fraction of sp³-hybridized carbons (Fsp3) is 0.333. The van der Waals surface area contributed by atoms with Gasteiger partial charge in [-0.1, -0.05) is 23.7 Å². The van der Waals surface area contributed by atoms with Crippen LogP contribution in [0.25, 0.3) is 10.9 Å². The van der Waals surface area contributed by atoms with Crippen LogP contribution in [0.4, 0.5) is 0 Å². The number of amides is 1. The minimum Gasteiger partial charge on any atom is -0.337 e. The van der Waals surface area contributed by atoms with Crippen molar-refractivity contribution in [2.75, 3.05) is 6.54 Å². The highest BCUT2D eigenvalue weighted by atomic mass is 16.5. The molecule has 0 aliphatic heterocycles. The number of hydrogen-bond donors (Lipinski definition) is 0. The third kappa shape index (κ3) is 3.13. The molecule has 0 atom stereocenters. The van der Waals surface area contributed by atoms with Crippen LogP contribution < -0.4 is 0 Å². The molecule has 0 radical (unpaired) electrons. The summed E-state index contributed by atoms with van der Waals surface area (Å²) in [5, 5.41) is 4.74. The summed E-state index contributed by atoms with van der Waals surface area (Å²) in [4.78, 5) is 23.3. The molecule has 0 fully saturated rings. The fourth-order valence-corrected chi connectivity index (χ4v) is 2.61. The minimum atomic E-state index is -0.0632. The van der Waals surface area contributed by atoms with Crippen LogP contribution in [0.15, 0.2) is 35.0 Å². The first kappa shape index (κ1) is 16.1. The van der Waals surface area contributed by atoms with Crippen molar-refractivity contribution >= 4 is 16.8 Å². The topological polar surface area (TPSA) is 72.1 Å². The van der Waals surface area contributed by atoms with Gasteiger partial charge >= 0.3 is 0 Å². The molecule has 0 aliphatic rings. The van der Waals surface area contributed by atoms with Crippen molar-refractivity contribution in [2.24, 2.45) is 0 Å². The SMILES string of the molecule is CCc1noc(CN(CC)C(=O)c2ccnc3ccc(C)cc23)n1. The second kappa shape index (κ2) is 6.78. The Morgan fingerprint density at radius 3 is 2.79 bits per heavy atom. The average molecular weight is 324 g/mol. The largest absolute Gasteiger partial charge is 0.337 e. The van der Waals surface area contributed by atoms with Gasteiger partial charge in [-0.25, -0.2) is 0 Å².